The van der Waals surface area contributed by atoms with Gasteiger partial charge in [-0.1, -0.05) is 0 Å². The Balaban J connectivity index is 1.66. The molecule has 3 N–H and O–H groups in total. The number of hydrogen-bond acceptors (Lipinski definition) is 6. The van der Waals surface area contributed by atoms with E-state index in [-0.39, 0.29) is 17.2 Å². The van der Waals surface area contributed by atoms with Gasteiger partial charge in [-0.2, -0.15) is 0 Å². The van der Waals surface area contributed by atoms with Gasteiger partial charge in [-0.05, 0) is 72.8 Å². The fourth-order valence-corrected chi connectivity index (χ4v) is 3.23. The number of phenolic OH excluding ortho intramolecular Hbond substituents is 3. The predicted molar refractivity (Wildman–Crippen MR) is 106 cm³/mol. The Labute approximate surface area is 157 Å². The Bertz CT molecular complexity index is 767. The van der Waals surface area contributed by atoms with Crippen LogP contribution in [0.3, 0.4) is 0 Å². The van der Waals surface area contributed by atoms with Gasteiger partial charge in [0.1, 0.15) is 17.2 Å². The highest BCUT2D eigenvalue weighted by molar-refractivity contribution is 5.60. The molecule has 0 saturated carbocycles. The zero-order valence-corrected chi connectivity index (χ0v) is 14.7. The van der Waals surface area contributed by atoms with Crippen LogP contribution in [0.2, 0.25) is 0 Å². The van der Waals surface area contributed by atoms with Crippen LogP contribution < -0.4 is 14.7 Å². The van der Waals surface area contributed by atoms with Gasteiger partial charge in [-0.25, -0.2) is 0 Å². The first-order valence-corrected chi connectivity index (χ1v) is 8.70. The second-order valence-electron chi connectivity index (χ2n) is 6.59. The van der Waals surface area contributed by atoms with Crippen LogP contribution in [0, 0.1) is 0 Å². The van der Waals surface area contributed by atoms with Gasteiger partial charge in [0.15, 0.2) is 0 Å². The molecule has 6 heteroatoms. The SMILES string of the molecule is Oc1ccc(N2CN(c3ccc(O)cc3)CN(c3ccc(O)cc3)C2)cc1. The van der Waals surface area contributed by atoms with E-state index in [9.17, 15) is 15.3 Å². The quantitative estimate of drug-likeness (QED) is 0.662. The molecule has 0 atom stereocenters. The Morgan fingerprint density at radius 3 is 0.852 bits per heavy atom. The van der Waals surface area contributed by atoms with E-state index in [0.717, 1.165) is 17.1 Å². The molecule has 0 bridgehead atoms. The first-order chi connectivity index (χ1) is 13.1. The third-order valence-corrected chi connectivity index (χ3v) is 4.67. The molecule has 0 unspecified atom stereocenters. The maximum atomic E-state index is 9.58. The normalized spacial score (nSPS) is 14.4. The highest BCUT2D eigenvalue weighted by Crippen LogP contribution is 2.28. The van der Waals surface area contributed by atoms with Gasteiger partial charge in [-0.3, -0.25) is 0 Å². The van der Waals surface area contributed by atoms with E-state index in [1.165, 1.54) is 0 Å². The summed E-state index contributed by atoms with van der Waals surface area (Å²) in [5.41, 5.74) is 3.00. The molecular weight excluding hydrogens is 342 g/mol. The predicted octanol–water partition coefficient (Wildman–Crippen LogP) is 3.51. The minimum atomic E-state index is 0.238. The summed E-state index contributed by atoms with van der Waals surface area (Å²) in [4.78, 5) is 6.59. The molecule has 3 aromatic rings. The van der Waals surface area contributed by atoms with Crippen LogP contribution in [0.5, 0.6) is 17.2 Å². The average Bonchev–Trinajstić information content (AvgIpc) is 2.69. The van der Waals surface area contributed by atoms with Crippen LogP contribution >= 0.6 is 0 Å². The monoisotopic (exact) mass is 363 g/mol. The summed E-state index contributed by atoms with van der Waals surface area (Å²) in [6.45, 7) is 2.01. The van der Waals surface area contributed by atoms with Gasteiger partial charge < -0.3 is 30.0 Å². The van der Waals surface area contributed by atoms with Crippen molar-refractivity contribution < 1.29 is 15.3 Å². The highest BCUT2D eigenvalue weighted by atomic mass is 16.3. The summed E-state index contributed by atoms with van der Waals surface area (Å²) in [5, 5.41) is 28.7. The van der Waals surface area contributed by atoms with Crippen molar-refractivity contribution in [3.63, 3.8) is 0 Å². The van der Waals surface area contributed by atoms with Crippen molar-refractivity contribution in [2.24, 2.45) is 0 Å². The van der Waals surface area contributed by atoms with E-state index >= 15 is 0 Å². The number of nitrogens with zero attached hydrogens (tertiary/aromatic N) is 3. The number of benzene rings is 3. The van der Waals surface area contributed by atoms with Crippen molar-refractivity contribution in [1.29, 1.82) is 0 Å². The summed E-state index contributed by atoms with van der Waals surface area (Å²) < 4.78 is 0. The molecule has 0 amide bonds. The van der Waals surface area contributed by atoms with Crippen LogP contribution in [-0.4, -0.2) is 35.3 Å². The van der Waals surface area contributed by atoms with Crippen LogP contribution in [0.15, 0.2) is 72.8 Å². The van der Waals surface area contributed by atoms with Gasteiger partial charge in [-0.15, -0.1) is 0 Å². The lowest BCUT2D eigenvalue weighted by atomic mass is 10.2. The summed E-state index contributed by atoms with van der Waals surface area (Å²) in [6.07, 6.45) is 0. The molecule has 1 aliphatic rings. The summed E-state index contributed by atoms with van der Waals surface area (Å²) in [5.74, 6) is 0.713. The first-order valence-electron chi connectivity index (χ1n) is 8.70. The average molecular weight is 363 g/mol. The van der Waals surface area contributed by atoms with Gasteiger partial charge in [0.05, 0.1) is 20.0 Å². The van der Waals surface area contributed by atoms with E-state index in [2.05, 4.69) is 14.7 Å². The number of aromatic hydroxyl groups is 3. The lowest BCUT2D eigenvalue weighted by Gasteiger charge is -2.45. The third-order valence-electron chi connectivity index (χ3n) is 4.67. The molecule has 1 aliphatic heterocycles. The number of phenols is 3. The Morgan fingerprint density at radius 1 is 0.407 bits per heavy atom. The molecule has 4 rings (SSSR count). The molecule has 0 radical (unpaired) electrons. The van der Waals surface area contributed by atoms with E-state index < -0.39 is 0 Å². The van der Waals surface area contributed by atoms with Crippen LogP contribution in [-0.2, 0) is 0 Å². The van der Waals surface area contributed by atoms with Crippen molar-refractivity contribution in [3.8, 4) is 17.2 Å². The van der Waals surface area contributed by atoms with E-state index in [1.54, 1.807) is 36.4 Å². The fourth-order valence-electron chi connectivity index (χ4n) is 3.23. The topological polar surface area (TPSA) is 70.4 Å². The third kappa shape index (κ3) is 3.69. The minimum Gasteiger partial charge on any atom is -0.508 e. The smallest absolute Gasteiger partial charge is 0.115 e. The van der Waals surface area contributed by atoms with Crippen molar-refractivity contribution in [1.82, 2.24) is 0 Å². The van der Waals surface area contributed by atoms with Gasteiger partial charge in [0.25, 0.3) is 0 Å². The zero-order chi connectivity index (χ0) is 18.8. The second kappa shape index (κ2) is 6.99. The Morgan fingerprint density at radius 2 is 0.630 bits per heavy atom. The van der Waals surface area contributed by atoms with Crippen molar-refractivity contribution in [2.75, 3.05) is 34.7 Å². The van der Waals surface area contributed by atoms with Crippen molar-refractivity contribution in [3.05, 3.63) is 72.8 Å². The van der Waals surface area contributed by atoms with Crippen LogP contribution in [0.1, 0.15) is 0 Å². The summed E-state index contributed by atoms with van der Waals surface area (Å²) >= 11 is 0. The van der Waals surface area contributed by atoms with Crippen molar-refractivity contribution in [2.45, 2.75) is 0 Å². The molecule has 1 fully saturated rings. The molecule has 0 spiro atoms. The molecule has 1 heterocycles. The van der Waals surface area contributed by atoms with E-state index in [4.69, 9.17) is 0 Å². The molecule has 6 nitrogen and oxygen atoms in total. The maximum absolute atomic E-state index is 9.58. The summed E-state index contributed by atoms with van der Waals surface area (Å²) in [6, 6.07) is 21.4. The molecule has 1 saturated heterocycles. The Kier molecular flexibility index (Phi) is 4.38. The standard InChI is InChI=1S/C21H21N3O3/c25-19-7-1-16(2-8-19)22-13-23(17-3-9-20(26)10-4-17)15-24(14-22)18-5-11-21(27)12-6-18/h1-12,25-27H,13-15H2. The van der Waals surface area contributed by atoms with Crippen LogP contribution in [0.4, 0.5) is 17.1 Å². The molecular formula is C21H21N3O3. The number of hydrogen-bond donors (Lipinski definition) is 3. The van der Waals surface area contributed by atoms with Gasteiger partial charge >= 0.3 is 0 Å². The molecule has 0 aliphatic carbocycles. The lowest BCUT2D eigenvalue weighted by Crippen LogP contribution is -2.55. The fraction of sp³-hybridized carbons (Fsp3) is 0.143. The minimum absolute atomic E-state index is 0.238. The molecule has 0 aromatic heterocycles. The van der Waals surface area contributed by atoms with E-state index in [1.807, 2.05) is 36.4 Å². The van der Waals surface area contributed by atoms with Crippen LogP contribution in [0.25, 0.3) is 0 Å². The van der Waals surface area contributed by atoms with Gasteiger partial charge in [0.2, 0.25) is 0 Å². The molecule has 138 valence electrons. The van der Waals surface area contributed by atoms with Gasteiger partial charge in [0, 0.05) is 17.1 Å². The second-order valence-corrected chi connectivity index (χ2v) is 6.59. The lowest BCUT2D eigenvalue weighted by molar-refractivity contribution is 0.475. The maximum Gasteiger partial charge on any atom is 0.115 e. The summed E-state index contributed by atoms with van der Waals surface area (Å²) in [7, 11) is 0. The Hall–Kier alpha value is -3.54. The molecule has 27 heavy (non-hydrogen) atoms. The van der Waals surface area contributed by atoms with Crippen molar-refractivity contribution >= 4 is 17.1 Å². The highest BCUT2D eigenvalue weighted by Gasteiger charge is 2.24. The zero-order valence-electron chi connectivity index (χ0n) is 14.7. The number of anilines is 3. The largest absolute Gasteiger partial charge is 0.508 e. The molecule has 3 aromatic carbocycles. The van der Waals surface area contributed by atoms with E-state index in [0.29, 0.717) is 20.0 Å². The number of rotatable bonds is 3. The first kappa shape index (κ1) is 16.9.